The van der Waals surface area contributed by atoms with Gasteiger partial charge in [0.05, 0.1) is 12.8 Å². The predicted octanol–water partition coefficient (Wildman–Crippen LogP) is 4.16. The molecule has 1 N–H and O–H groups in total. The average Bonchev–Trinajstić information content (AvgIpc) is 2.37. The van der Waals surface area contributed by atoms with Gasteiger partial charge >= 0.3 is 0 Å². The zero-order valence-electron chi connectivity index (χ0n) is 10.7. The Morgan fingerprint density at radius 3 is 2.48 bits per heavy atom. The molecular formula is C13H10Br2FNO3S. The number of rotatable bonds is 4. The van der Waals surface area contributed by atoms with E-state index in [0.717, 1.165) is 12.1 Å². The first-order chi connectivity index (χ1) is 9.83. The Morgan fingerprint density at radius 2 is 1.86 bits per heavy atom. The van der Waals surface area contributed by atoms with Gasteiger partial charge in [-0.2, -0.15) is 0 Å². The molecule has 0 unspecified atom stereocenters. The Bertz CT molecular complexity index is 781. The van der Waals surface area contributed by atoms with E-state index in [9.17, 15) is 12.8 Å². The second-order valence-electron chi connectivity index (χ2n) is 4.02. The fourth-order valence-corrected chi connectivity index (χ4v) is 4.13. The highest BCUT2D eigenvalue weighted by Crippen LogP contribution is 2.31. The standard InChI is InChI=1S/C13H10Br2FNO3S/c1-20-12-4-2-8(14)6-11(12)17-21(18,19)13-5-3-9(16)7-10(13)15/h2-7,17H,1H3. The first kappa shape index (κ1) is 16.3. The van der Waals surface area contributed by atoms with Crippen LogP contribution >= 0.6 is 31.9 Å². The number of halogens is 3. The minimum atomic E-state index is -3.87. The van der Waals surface area contributed by atoms with Gasteiger partial charge in [0, 0.05) is 8.95 Å². The minimum Gasteiger partial charge on any atom is -0.495 e. The topological polar surface area (TPSA) is 55.4 Å². The summed E-state index contributed by atoms with van der Waals surface area (Å²) in [5.41, 5.74) is 0.281. The molecule has 112 valence electrons. The van der Waals surface area contributed by atoms with Crippen LogP contribution in [-0.2, 0) is 10.0 Å². The van der Waals surface area contributed by atoms with Gasteiger partial charge in [-0.05, 0) is 52.3 Å². The summed E-state index contributed by atoms with van der Waals surface area (Å²) in [7, 11) is -2.44. The molecule has 0 atom stereocenters. The normalized spacial score (nSPS) is 11.2. The molecule has 0 radical (unpaired) electrons. The van der Waals surface area contributed by atoms with E-state index in [1.54, 1.807) is 18.2 Å². The molecule has 0 aliphatic carbocycles. The monoisotopic (exact) mass is 437 g/mol. The highest BCUT2D eigenvalue weighted by molar-refractivity contribution is 9.10. The summed E-state index contributed by atoms with van der Waals surface area (Å²) < 4.78 is 46.2. The number of anilines is 1. The van der Waals surface area contributed by atoms with E-state index in [-0.39, 0.29) is 15.1 Å². The van der Waals surface area contributed by atoms with Crippen LogP contribution < -0.4 is 9.46 Å². The zero-order chi connectivity index (χ0) is 15.6. The number of nitrogens with one attached hydrogen (secondary N) is 1. The molecule has 4 nitrogen and oxygen atoms in total. The summed E-state index contributed by atoms with van der Waals surface area (Å²) >= 11 is 6.31. The van der Waals surface area contributed by atoms with Crippen molar-refractivity contribution in [3.05, 3.63) is 51.2 Å². The van der Waals surface area contributed by atoms with Crippen molar-refractivity contribution >= 4 is 47.6 Å². The summed E-state index contributed by atoms with van der Waals surface area (Å²) in [5.74, 6) is -0.152. The fourth-order valence-electron chi connectivity index (χ4n) is 1.65. The van der Waals surface area contributed by atoms with Crippen LogP contribution in [0.1, 0.15) is 0 Å². The van der Waals surface area contributed by atoms with Crippen LogP contribution in [0.5, 0.6) is 5.75 Å². The van der Waals surface area contributed by atoms with Crippen LogP contribution in [0.4, 0.5) is 10.1 Å². The lowest BCUT2D eigenvalue weighted by molar-refractivity contribution is 0.417. The van der Waals surface area contributed by atoms with Gasteiger partial charge in [-0.15, -0.1) is 0 Å². The van der Waals surface area contributed by atoms with Gasteiger partial charge in [0.15, 0.2) is 0 Å². The van der Waals surface area contributed by atoms with E-state index in [2.05, 4.69) is 36.6 Å². The molecule has 0 amide bonds. The molecule has 21 heavy (non-hydrogen) atoms. The Morgan fingerprint density at radius 1 is 1.14 bits per heavy atom. The van der Waals surface area contributed by atoms with Crippen molar-refractivity contribution in [2.45, 2.75) is 4.90 Å². The summed E-state index contributed by atoms with van der Waals surface area (Å²) in [6, 6.07) is 8.29. The first-order valence-electron chi connectivity index (χ1n) is 5.65. The van der Waals surface area contributed by atoms with Crippen molar-refractivity contribution in [2.75, 3.05) is 11.8 Å². The lowest BCUT2D eigenvalue weighted by Crippen LogP contribution is -2.14. The summed E-state index contributed by atoms with van der Waals surface area (Å²) in [5, 5.41) is 0. The summed E-state index contributed by atoms with van der Waals surface area (Å²) in [4.78, 5) is -0.0640. The summed E-state index contributed by atoms with van der Waals surface area (Å²) in [6.45, 7) is 0. The molecule has 0 aliphatic rings. The quantitative estimate of drug-likeness (QED) is 0.779. The lowest BCUT2D eigenvalue weighted by atomic mass is 10.3. The molecular weight excluding hydrogens is 429 g/mol. The molecule has 2 aromatic carbocycles. The van der Waals surface area contributed by atoms with Crippen molar-refractivity contribution in [1.82, 2.24) is 0 Å². The van der Waals surface area contributed by atoms with Crippen molar-refractivity contribution in [2.24, 2.45) is 0 Å². The van der Waals surface area contributed by atoms with Crippen LogP contribution in [-0.4, -0.2) is 15.5 Å². The maximum absolute atomic E-state index is 13.1. The molecule has 0 bridgehead atoms. The predicted molar refractivity (Wildman–Crippen MR) is 85.6 cm³/mol. The SMILES string of the molecule is COc1ccc(Br)cc1NS(=O)(=O)c1ccc(F)cc1Br. The van der Waals surface area contributed by atoms with Crippen LogP contribution in [0.2, 0.25) is 0 Å². The third-order valence-electron chi connectivity index (χ3n) is 2.59. The Balaban J connectivity index is 2.44. The molecule has 0 saturated heterocycles. The second-order valence-corrected chi connectivity index (χ2v) is 7.45. The number of hydrogen-bond donors (Lipinski definition) is 1. The van der Waals surface area contributed by atoms with E-state index in [1.807, 2.05) is 0 Å². The average molecular weight is 439 g/mol. The smallest absolute Gasteiger partial charge is 0.263 e. The second kappa shape index (κ2) is 6.33. The summed E-state index contributed by atoms with van der Waals surface area (Å²) in [6.07, 6.45) is 0. The highest BCUT2D eigenvalue weighted by atomic mass is 79.9. The Kier molecular flexibility index (Phi) is 4.90. The molecule has 0 spiro atoms. The third kappa shape index (κ3) is 3.75. The van der Waals surface area contributed by atoms with Crippen LogP contribution in [0.3, 0.4) is 0 Å². The molecule has 0 saturated carbocycles. The van der Waals surface area contributed by atoms with Crippen molar-refractivity contribution in [1.29, 1.82) is 0 Å². The number of ether oxygens (including phenoxy) is 1. The molecule has 0 aromatic heterocycles. The molecule has 2 aromatic rings. The molecule has 2 rings (SSSR count). The third-order valence-corrected chi connectivity index (χ3v) is 5.42. The Labute approximate surface area is 138 Å². The maximum Gasteiger partial charge on any atom is 0.263 e. The van der Waals surface area contributed by atoms with Crippen LogP contribution in [0, 0.1) is 5.82 Å². The van der Waals surface area contributed by atoms with Crippen molar-refractivity contribution in [3.63, 3.8) is 0 Å². The fraction of sp³-hybridized carbons (Fsp3) is 0.0769. The van der Waals surface area contributed by atoms with E-state index >= 15 is 0 Å². The number of sulfonamides is 1. The van der Waals surface area contributed by atoms with Crippen molar-refractivity contribution < 1.29 is 17.5 Å². The van der Waals surface area contributed by atoms with E-state index < -0.39 is 15.8 Å². The molecule has 0 heterocycles. The lowest BCUT2D eigenvalue weighted by Gasteiger charge is -2.13. The molecule has 0 aliphatic heterocycles. The zero-order valence-corrected chi connectivity index (χ0v) is 14.7. The van der Waals surface area contributed by atoms with Crippen LogP contribution in [0.15, 0.2) is 50.2 Å². The van der Waals surface area contributed by atoms with Gasteiger partial charge in [-0.3, -0.25) is 4.72 Å². The van der Waals surface area contributed by atoms with Gasteiger partial charge in [-0.1, -0.05) is 15.9 Å². The van der Waals surface area contributed by atoms with Gasteiger partial charge < -0.3 is 4.74 Å². The van der Waals surface area contributed by atoms with Gasteiger partial charge in [0.2, 0.25) is 0 Å². The minimum absolute atomic E-state index is 0.0640. The van der Waals surface area contributed by atoms with Crippen molar-refractivity contribution in [3.8, 4) is 5.75 Å². The Hall–Kier alpha value is -1.12. The molecule has 0 fully saturated rings. The highest BCUT2D eigenvalue weighted by Gasteiger charge is 2.20. The van der Waals surface area contributed by atoms with E-state index in [0.29, 0.717) is 10.2 Å². The maximum atomic E-state index is 13.1. The van der Waals surface area contributed by atoms with Gasteiger partial charge in [0.25, 0.3) is 10.0 Å². The van der Waals surface area contributed by atoms with Gasteiger partial charge in [0.1, 0.15) is 16.5 Å². The van der Waals surface area contributed by atoms with Crippen LogP contribution in [0.25, 0.3) is 0 Å². The first-order valence-corrected chi connectivity index (χ1v) is 8.72. The number of benzene rings is 2. The van der Waals surface area contributed by atoms with E-state index in [4.69, 9.17) is 4.74 Å². The number of methoxy groups -OCH3 is 1. The largest absolute Gasteiger partial charge is 0.495 e. The number of hydrogen-bond acceptors (Lipinski definition) is 3. The van der Waals surface area contributed by atoms with E-state index in [1.165, 1.54) is 13.2 Å². The molecule has 8 heteroatoms. The van der Waals surface area contributed by atoms with Gasteiger partial charge in [-0.25, -0.2) is 12.8 Å².